The number of nitrogens with two attached hydrogens (primary N) is 1. The number of halogens is 2. The van der Waals surface area contributed by atoms with Gasteiger partial charge < -0.3 is 4.57 Å². The van der Waals surface area contributed by atoms with E-state index < -0.39 is 10.0 Å². The number of benzene rings is 3. The summed E-state index contributed by atoms with van der Waals surface area (Å²) in [7, 11) is -3.74. The normalized spacial score (nSPS) is 11.9. The topological polar surface area (TPSA) is 77.5 Å². The molecule has 0 saturated heterocycles. The van der Waals surface area contributed by atoms with Crippen molar-refractivity contribution in [1.29, 1.82) is 0 Å². The van der Waals surface area contributed by atoms with Gasteiger partial charge in [0.25, 0.3) is 0 Å². The number of nitrogens with zero attached hydrogens (tertiary/aromatic N) is 2. The third-order valence-corrected chi connectivity index (χ3v) is 6.58. The van der Waals surface area contributed by atoms with Crippen molar-refractivity contribution < 1.29 is 12.8 Å². The van der Waals surface area contributed by atoms with Crippen LogP contribution >= 0.6 is 28.3 Å². The highest BCUT2D eigenvalue weighted by Gasteiger charge is 2.11. The Morgan fingerprint density at radius 2 is 1.59 bits per heavy atom. The van der Waals surface area contributed by atoms with E-state index in [1.807, 2.05) is 12.3 Å². The lowest BCUT2D eigenvalue weighted by Crippen LogP contribution is -2.17. The number of hydrogen-bond donors (Lipinski definition) is 1. The molecule has 4 rings (SSSR count). The Morgan fingerprint density at radius 3 is 2.19 bits per heavy atom. The van der Waals surface area contributed by atoms with E-state index in [-0.39, 0.29) is 27.7 Å². The fourth-order valence-electron chi connectivity index (χ4n) is 3.12. The van der Waals surface area contributed by atoms with Crippen molar-refractivity contribution in [3.8, 4) is 11.3 Å². The molecule has 0 radical (unpaired) electrons. The second-order valence-electron chi connectivity index (χ2n) is 7.13. The van der Waals surface area contributed by atoms with E-state index in [1.54, 1.807) is 24.3 Å². The average Bonchev–Trinajstić information content (AvgIpc) is 3.12. The highest BCUT2D eigenvalue weighted by atomic mass is 79.9. The first-order chi connectivity index (χ1) is 14.8. The largest absolute Gasteiger partial charge is 0.312 e. The number of sulfonamides is 1. The predicted octanol–water partition coefficient (Wildman–Crippen LogP) is 5.17. The van der Waals surface area contributed by atoms with E-state index in [9.17, 15) is 12.8 Å². The Hall–Kier alpha value is -2.59. The van der Waals surface area contributed by atoms with Gasteiger partial charge in [0.05, 0.1) is 22.8 Å². The highest BCUT2D eigenvalue weighted by molar-refractivity contribution is 8.93. The maximum Gasteiger partial charge on any atom is 0.238 e. The van der Waals surface area contributed by atoms with E-state index >= 15 is 0 Å². The molecule has 0 unspecified atom stereocenters. The van der Waals surface area contributed by atoms with Gasteiger partial charge in [-0.3, -0.25) is 0 Å². The molecule has 2 N–H and O–H groups in total. The van der Waals surface area contributed by atoms with Gasteiger partial charge in [-0.1, -0.05) is 42.0 Å². The van der Waals surface area contributed by atoms with Crippen molar-refractivity contribution in [3.05, 3.63) is 99.9 Å². The Balaban J connectivity index is 0.00000289. The molecule has 0 aliphatic rings. The third kappa shape index (κ3) is 5.60. The second kappa shape index (κ2) is 9.91. The number of aryl methyl sites for hydroxylation is 1. The lowest BCUT2D eigenvalue weighted by Gasteiger charge is -2.10. The molecule has 32 heavy (non-hydrogen) atoms. The fourth-order valence-corrected chi connectivity index (χ4v) is 4.56. The van der Waals surface area contributed by atoms with Crippen molar-refractivity contribution in [2.24, 2.45) is 10.1 Å². The van der Waals surface area contributed by atoms with E-state index in [0.29, 0.717) is 12.2 Å². The minimum absolute atomic E-state index is 0. The molecule has 1 heterocycles. The summed E-state index contributed by atoms with van der Waals surface area (Å²) in [6.45, 7) is 2.52. The molecular formula is C23H21BrFN3O2S2. The SMILES string of the molecule is Br.Cc1ccc(-c2csc(=Nc3ccc(F)cc3)n2Cc2ccc(S(N)(=O)=O)cc2)cc1. The van der Waals surface area contributed by atoms with Crippen LogP contribution in [0.2, 0.25) is 0 Å². The van der Waals surface area contributed by atoms with Crippen molar-refractivity contribution in [2.75, 3.05) is 0 Å². The van der Waals surface area contributed by atoms with Crippen LogP contribution in [0.5, 0.6) is 0 Å². The maximum absolute atomic E-state index is 13.3. The van der Waals surface area contributed by atoms with Gasteiger partial charge in [-0.25, -0.2) is 22.9 Å². The third-order valence-electron chi connectivity index (χ3n) is 4.79. The van der Waals surface area contributed by atoms with Gasteiger partial charge in [-0.05, 0) is 54.4 Å². The molecular weight excluding hydrogens is 513 g/mol. The van der Waals surface area contributed by atoms with Gasteiger partial charge >= 0.3 is 0 Å². The van der Waals surface area contributed by atoms with Crippen molar-refractivity contribution >= 4 is 44.0 Å². The van der Waals surface area contributed by atoms with Crippen molar-refractivity contribution in [1.82, 2.24) is 4.57 Å². The molecule has 0 atom stereocenters. The van der Waals surface area contributed by atoms with E-state index in [4.69, 9.17) is 10.1 Å². The zero-order valence-electron chi connectivity index (χ0n) is 17.1. The quantitative estimate of drug-likeness (QED) is 0.384. The van der Waals surface area contributed by atoms with Gasteiger partial charge in [0.15, 0.2) is 4.80 Å². The van der Waals surface area contributed by atoms with Gasteiger partial charge in [-0.15, -0.1) is 28.3 Å². The summed E-state index contributed by atoms with van der Waals surface area (Å²) in [5, 5.41) is 7.24. The van der Waals surface area contributed by atoms with Crippen LogP contribution in [0.25, 0.3) is 11.3 Å². The first-order valence-corrected chi connectivity index (χ1v) is 11.9. The zero-order chi connectivity index (χ0) is 22.0. The minimum Gasteiger partial charge on any atom is -0.312 e. The van der Waals surface area contributed by atoms with Crippen molar-refractivity contribution in [2.45, 2.75) is 18.4 Å². The van der Waals surface area contributed by atoms with Crippen LogP contribution in [-0.2, 0) is 16.6 Å². The molecule has 166 valence electrons. The first kappa shape index (κ1) is 24.1. The summed E-state index contributed by atoms with van der Waals surface area (Å²) in [6.07, 6.45) is 0. The molecule has 0 fully saturated rings. The molecule has 5 nitrogen and oxygen atoms in total. The first-order valence-electron chi connectivity index (χ1n) is 9.47. The molecule has 0 bridgehead atoms. The molecule has 0 aliphatic carbocycles. The molecule has 0 spiro atoms. The van der Waals surface area contributed by atoms with Gasteiger partial charge in [0, 0.05) is 5.38 Å². The van der Waals surface area contributed by atoms with E-state index in [2.05, 4.69) is 28.8 Å². The molecule has 9 heteroatoms. The van der Waals surface area contributed by atoms with Crippen LogP contribution < -0.4 is 9.94 Å². The summed E-state index contributed by atoms with van der Waals surface area (Å²) in [4.78, 5) is 5.52. The summed E-state index contributed by atoms with van der Waals surface area (Å²) >= 11 is 1.49. The Morgan fingerprint density at radius 1 is 0.969 bits per heavy atom. The molecule has 1 aromatic heterocycles. The number of hydrogen-bond acceptors (Lipinski definition) is 4. The van der Waals surface area contributed by atoms with E-state index in [1.165, 1.54) is 41.2 Å². The molecule has 0 saturated carbocycles. The summed E-state index contributed by atoms with van der Waals surface area (Å²) in [5.41, 5.74) is 4.75. The maximum atomic E-state index is 13.3. The smallest absolute Gasteiger partial charge is 0.238 e. The van der Waals surface area contributed by atoms with Crippen LogP contribution in [-0.4, -0.2) is 13.0 Å². The van der Waals surface area contributed by atoms with E-state index in [0.717, 1.165) is 21.6 Å². The lowest BCUT2D eigenvalue weighted by molar-refractivity contribution is 0.597. The molecule has 4 aromatic rings. The Bertz CT molecular complexity index is 1380. The van der Waals surface area contributed by atoms with Crippen LogP contribution in [0.1, 0.15) is 11.1 Å². The number of primary sulfonamides is 1. The van der Waals surface area contributed by atoms with Gasteiger partial charge in [0.2, 0.25) is 10.0 Å². The molecule has 0 amide bonds. The Kier molecular flexibility index (Phi) is 7.45. The fraction of sp³-hybridized carbons (Fsp3) is 0.0870. The van der Waals surface area contributed by atoms with Crippen LogP contribution in [0.15, 0.2) is 88.1 Å². The molecule has 0 aliphatic heterocycles. The standard InChI is InChI=1S/C23H20FN3O2S2.BrH/c1-16-2-6-18(7-3-16)22-15-30-23(26-20-10-8-19(24)9-11-20)27(22)14-17-4-12-21(13-5-17)31(25,28)29;/h2-13,15H,14H2,1H3,(H2,25,28,29);1H. The summed E-state index contributed by atoms with van der Waals surface area (Å²) in [5.74, 6) is -0.312. The minimum atomic E-state index is -3.74. The summed E-state index contributed by atoms with van der Waals surface area (Å²) < 4.78 is 38.4. The van der Waals surface area contributed by atoms with Gasteiger partial charge in [-0.2, -0.15) is 0 Å². The average molecular weight is 534 g/mol. The number of thiazole rings is 1. The predicted molar refractivity (Wildman–Crippen MR) is 131 cm³/mol. The monoisotopic (exact) mass is 533 g/mol. The summed E-state index contributed by atoms with van der Waals surface area (Å²) in [6, 6.07) is 20.7. The van der Waals surface area contributed by atoms with Crippen LogP contribution in [0.4, 0.5) is 10.1 Å². The number of rotatable bonds is 5. The van der Waals surface area contributed by atoms with Crippen molar-refractivity contribution in [3.63, 3.8) is 0 Å². The zero-order valence-corrected chi connectivity index (χ0v) is 20.4. The van der Waals surface area contributed by atoms with Gasteiger partial charge in [0.1, 0.15) is 5.82 Å². The van der Waals surface area contributed by atoms with Crippen LogP contribution in [0.3, 0.4) is 0 Å². The lowest BCUT2D eigenvalue weighted by atomic mass is 10.1. The van der Waals surface area contributed by atoms with Crippen LogP contribution in [0, 0.1) is 12.7 Å². The highest BCUT2D eigenvalue weighted by Crippen LogP contribution is 2.23. The number of aromatic nitrogens is 1. The Labute approximate surface area is 200 Å². The molecule has 3 aromatic carbocycles. The second-order valence-corrected chi connectivity index (χ2v) is 9.53.